The Bertz CT molecular complexity index is 641. The number of rotatable bonds is 3. The number of nitrogens with one attached hydrogen (secondary N) is 1. The van der Waals surface area contributed by atoms with Crippen molar-refractivity contribution in [2.24, 2.45) is 0 Å². The molecule has 20 heavy (non-hydrogen) atoms. The zero-order chi connectivity index (χ0) is 14.7. The standard InChI is InChI=1S/C14H9Cl3FNO/c15-8-4-5-13(11(17)6-8)19-14(20)7-9-10(16)2-1-3-12(9)18/h1-6H,7H2,(H,19,20). The van der Waals surface area contributed by atoms with Crippen molar-refractivity contribution in [1.29, 1.82) is 0 Å². The topological polar surface area (TPSA) is 29.1 Å². The Kier molecular flexibility index (Phi) is 4.86. The Hall–Kier alpha value is -1.29. The van der Waals surface area contributed by atoms with Gasteiger partial charge in [0.25, 0.3) is 0 Å². The fourth-order valence-corrected chi connectivity index (χ4v) is 2.33. The summed E-state index contributed by atoms with van der Waals surface area (Å²) in [5, 5.41) is 3.57. The van der Waals surface area contributed by atoms with Crippen molar-refractivity contribution in [3.63, 3.8) is 0 Å². The molecule has 0 aliphatic heterocycles. The predicted octanol–water partition coefficient (Wildman–Crippen LogP) is 4.97. The summed E-state index contributed by atoms with van der Waals surface area (Å²) in [6.45, 7) is 0. The van der Waals surface area contributed by atoms with Crippen LogP contribution in [0.25, 0.3) is 0 Å². The molecule has 0 bridgehead atoms. The number of hydrogen-bond donors (Lipinski definition) is 1. The molecule has 0 aromatic heterocycles. The molecule has 2 aromatic rings. The molecule has 0 aliphatic carbocycles. The van der Waals surface area contributed by atoms with E-state index in [2.05, 4.69) is 5.32 Å². The first-order chi connectivity index (χ1) is 9.47. The van der Waals surface area contributed by atoms with Gasteiger partial charge in [0.1, 0.15) is 5.82 Å². The molecular formula is C14H9Cl3FNO. The summed E-state index contributed by atoms with van der Waals surface area (Å²) in [5.41, 5.74) is 0.560. The minimum Gasteiger partial charge on any atom is -0.324 e. The van der Waals surface area contributed by atoms with E-state index in [1.54, 1.807) is 12.1 Å². The van der Waals surface area contributed by atoms with Gasteiger partial charge in [-0.2, -0.15) is 0 Å². The lowest BCUT2D eigenvalue weighted by Gasteiger charge is -2.09. The molecule has 0 unspecified atom stereocenters. The van der Waals surface area contributed by atoms with Crippen molar-refractivity contribution in [3.05, 3.63) is 62.8 Å². The number of carbonyl (C=O) groups is 1. The van der Waals surface area contributed by atoms with Gasteiger partial charge in [-0.1, -0.05) is 40.9 Å². The number of amides is 1. The molecule has 0 saturated heterocycles. The van der Waals surface area contributed by atoms with Crippen molar-refractivity contribution < 1.29 is 9.18 Å². The summed E-state index contributed by atoms with van der Waals surface area (Å²) in [5.74, 6) is -0.934. The average molecular weight is 333 g/mol. The lowest BCUT2D eigenvalue weighted by atomic mass is 10.1. The Morgan fingerprint density at radius 1 is 1.10 bits per heavy atom. The minimum absolute atomic E-state index is 0.150. The van der Waals surface area contributed by atoms with Crippen LogP contribution in [0.2, 0.25) is 15.1 Å². The molecule has 0 heterocycles. The lowest BCUT2D eigenvalue weighted by molar-refractivity contribution is -0.115. The SMILES string of the molecule is O=C(Cc1c(F)cccc1Cl)Nc1ccc(Cl)cc1Cl. The Labute approximate surface area is 130 Å². The van der Waals surface area contributed by atoms with E-state index < -0.39 is 11.7 Å². The first kappa shape index (κ1) is 15.1. The van der Waals surface area contributed by atoms with Gasteiger partial charge in [0.15, 0.2) is 0 Å². The third kappa shape index (κ3) is 3.63. The van der Waals surface area contributed by atoms with E-state index >= 15 is 0 Å². The highest BCUT2D eigenvalue weighted by molar-refractivity contribution is 6.36. The van der Waals surface area contributed by atoms with Crippen molar-refractivity contribution >= 4 is 46.4 Å². The third-order valence-corrected chi connectivity index (χ3v) is 3.51. The number of benzene rings is 2. The van der Waals surface area contributed by atoms with Crippen molar-refractivity contribution in [2.45, 2.75) is 6.42 Å². The minimum atomic E-state index is -0.519. The molecule has 2 rings (SSSR count). The van der Waals surface area contributed by atoms with Crippen LogP contribution in [0, 0.1) is 5.82 Å². The fraction of sp³-hybridized carbons (Fsp3) is 0.0714. The van der Waals surface area contributed by atoms with Crippen LogP contribution in [-0.2, 0) is 11.2 Å². The third-order valence-electron chi connectivity index (χ3n) is 2.60. The molecule has 104 valence electrons. The fourth-order valence-electron chi connectivity index (χ4n) is 1.65. The molecule has 0 aliphatic rings. The number of anilines is 1. The number of halogens is 4. The molecule has 2 aromatic carbocycles. The molecule has 0 saturated carbocycles. The van der Waals surface area contributed by atoms with Gasteiger partial charge in [0.2, 0.25) is 5.91 Å². The zero-order valence-corrected chi connectivity index (χ0v) is 12.4. The van der Waals surface area contributed by atoms with Crippen LogP contribution in [0.1, 0.15) is 5.56 Å². The molecule has 0 atom stereocenters. The maximum absolute atomic E-state index is 13.6. The molecule has 1 amide bonds. The first-order valence-corrected chi connectivity index (χ1v) is 6.78. The van der Waals surface area contributed by atoms with Crippen LogP contribution in [0.4, 0.5) is 10.1 Å². The highest BCUT2D eigenvalue weighted by Gasteiger charge is 2.13. The average Bonchev–Trinajstić information content (AvgIpc) is 2.37. The Morgan fingerprint density at radius 3 is 2.50 bits per heavy atom. The molecule has 6 heteroatoms. The van der Waals surface area contributed by atoms with Gasteiger partial charge in [-0.05, 0) is 30.3 Å². The summed E-state index contributed by atoms with van der Waals surface area (Å²) in [6, 6.07) is 8.95. The Balaban J connectivity index is 2.13. The van der Waals surface area contributed by atoms with Gasteiger partial charge in [0, 0.05) is 15.6 Å². The van der Waals surface area contributed by atoms with Gasteiger partial charge < -0.3 is 5.32 Å². The monoisotopic (exact) mass is 331 g/mol. The summed E-state index contributed by atoms with van der Waals surface area (Å²) >= 11 is 17.6. The van der Waals surface area contributed by atoms with Crippen molar-refractivity contribution in [3.8, 4) is 0 Å². The zero-order valence-electron chi connectivity index (χ0n) is 10.1. The van der Waals surface area contributed by atoms with E-state index in [9.17, 15) is 9.18 Å². The van der Waals surface area contributed by atoms with Crippen molar-refractivity contribution in [1.82, 2.24) is 0 Å². The smallest absolute Gasteiger partial charge is 0.229 e. The predicted molar refractivity (Wildman–Crippen MR) is 80.2 cm³/mol. The largest absolute Gasteiger partial charge is 0.324 e. The summed E-state index contributed by atoms with van der Waals surface area (Å²) in [4.78, 5) is 11.9. The molecule has 1 N–H and O–H groups in total. The van der Waals surface area contributed by atoms with Crippen LogP contribution < -0.4 is 5.32 Å². The second kappa shape index (κ2) is 6.44. The second-order valence-corrected chi connectivity index (χ2v) is 5.30. The van der Waals surface area contributed by atoms with E-state index in [-0.39, 0.29) is 17.0 Å². The van der Waals surface area contributed by atoms with E-state index in [0.29, 0.717) is 15.7 Å². The molecule has 0 radical (unpaired) electrons. The van der Waals surface area contributed by atoms with Gasteiger partial charge >= 0.3 is 0 Å². The quantitative estimate of drug-likeness (QED) is 0.845. The van der Waals surface area contributed by atoms with E-state index in [1.807, 2.05) is 0 Å². The maximum atomic E-state index is 13.6. The van der Waals surface area contributed by atoms with E-state index in [1.165, 1.54) is 24.3 Å². The second-order valence-electron chi connectivity index (χ2n) is 4.05. The Morgan fingerprint density at radius 2 is 1.85 bits per heavy atom. The van der Waals surface area contributed by atoms with Crippen LogP contribution in [-0.4, -0.2) is 5.91 Å². The first-order valence-electron chi connectivity index (χ1n) is 5.65. The van der Waals surface area contributed by atoms with Gasteiger partial charge in [-0.3, -0.25) is 4.79 Å². The highest BCUT2D eigenvalue weighted by atomic mass is 35.5. The number of carbonyl (C=O) groups excluding carboxylic acids is 1. The van der Waals surface area contributed by atoms with Crippen LogP contribution in [0.15, 0.2) is 36.4 Å². The molecule has 2 nitrogen and oxygen atoms in total. The summed E-state index contributed by atoms with van der Waals surface area (Å²) in [6.07, 6.45) is -0.176. The summed E-state index contributed by atoms with van der Waals surface area (Å²) < 4.78 is 13.6. The van der Waals surface area contributed by atoms with E-state index in [4.69, 9.17) is 34.8 Å². The van der Waals surface area contributed by atoms with E-state index in [0.717, 1.165) is 0 Å². The van der Waals surface area contributed by atoms with Gasteiger partial charge in [-0.15, -0.1) is 0 Å². The van der Waals surface area contributed by atoms with Gasteiger partial charge in [0.05, 0.1) is 17.1 Å². The maximum Gasteiger partial charge on any atom is 0.229 e. The van der Waals surface area contributed by atoms with Crippen LogP contribution >= 0.6 is 34.8 Å². The van der Waals surface area contributed by atoms with Crippen molar-refractivity contribution in [2.75, 3.05) is 5.32 Å². The lowest BCUT2D eigenvalue weighted by Crippen LogP contribution is -2.15. The molecular weight excluding hydrogens is 324 g/mol. The molecule has 0 fully saturated rings. The van der Waals surface area contributed by atoms with Crippen LogP contribution in [0.5, 0.6) is 0 Å². The van der Waals surface area contributed by atoms with Gasteiger partial charge in [-0.25, -0.2) is 4.39 Å². The normalized spacial score (nSPS) is 10.4. The number of hydrogen-bond acceptors (Lipinski definition) is 1. The molecule has 0 spiro atoms. The summed E-state index contributed by atoms with van der Waals surface area (Å²) in [7, 11) is 0. The highest BCUT2D eigenvalue weighted by Crippen LogP contribution is 2.26. The van der Waals surface area contributed by atoms with Crippen LogP contribution in [0.3, 0.4) is 0 Å².